The van der Waals surface area contributed by atoms with Crippen LogP contribution in [0, 0.1) is 0 Å². The molecule has 7 heteroatoms. The van der Waals surface area contributed by atoms with Crippen LogP contribution in [-0.2, 0) is 14.6 Å². The van der Waals surface area contributed by atoms with Gasteiger partial charge in [0.2, 0.25) is 5.91 Å². The van der Waals surface area contributed by atoms with Gasteiger partial charge in [0, 0.05) is 18.7 Å². The lowest BCUT2D eigenvalue weighted by atomic mass is 9.98. The summed E-state index contributed by atoms with van der Waals surface area (Å²) in [5.41, 5.74) is 1.68. The summed E-state index contributed by atoms with van der Waals surface area (Å²) in [5.74, 6) is -0.0389. The molecule has 2 aromatic rings. The van der Waals surface area contributed by atoms with E-state index in [9.17, 15) is 13.2 Å². The average Bonchev–Trinajstić information content (AvgIpc) is 3.13. The summed E-state index contributed by atoms with van der Waals surface area (Å²) in [6.07, 6.45) is 3.71. The summed E-state index contributed by atoms with van der Waals surface area (Å²) >= 11 is 0. The summed E-state index contributed by atoms with van der Waals surface area (Å²) < 4.78 is 23.8. The van der Waals surface area contributed by atoms with E-state index in [1.807, 2.05) is 36.4 Å². The van der Waals surface area contributed by atoms with Crippen molar-refractivity contribution in [2.75, 3.05) is 12.8 Å². The maximum Gasteiger partial charge on any atom is 0.222 e. The number of carbonyl (C=O) groups is 1. The Bertz CT molecular complexity index is 866. The van der Waals surface area contributed by atoms with Gasteiger partial charge in [0.25, 0.3) is 0 Å². The fourth-order valence-corrected chi connectivity index (χ4v) is 3.98. The molecule has 0 bridgehead atoms. The van der Waals surface area contributed by atoms with E-state index in [0.29, 0.717) is 6.42 Å². The van der Waals surface area contributed by atoms with E-state index in [1.54, 1.807) is 18.2 Å². The number of sulfone groups is 1. The van der Waals surface area contributed by atoms with Crippen LogP contribution in [-0.4, -0.2) is 33.2 Å². The molecule has 1 aliphatic rings. The minimum atomic E-state index is -3.31. The predicted octanol–water partition coefficient (Wildman–Crippen LogP) is 2.86. The maximum absolute atomic E-state index is 12.6. The van der Waals surface area contributed by atoms with Gasteiger partial charge in [0.05, 0.1) is 10.9 Å². The lowest BCUT2D eigenvalue weighted by Gasteiger charge is -2.21. The highest BCUT2D eigenvalue weighted by Crippen LogP contribution is 2.25. The molecule has 27 heavy (non-hydrogen) atoms. The van der Waals surface area contributed by atoms with E-state index in [4.69, 9.17) is 0 Å². The predicted molar refractivity (Wildman–Crippen MR) is 109 cm³/mol. The van der Waals surface area contributed by atoms with Crippen LogP contribution in [0.1, 0.15) is 36.4 Å². The molecule has 1 aliphatic heterocycles. The highest BCUT2D eigenvalue weighted by molar-refractivity contribution is 7.90. The molecule has 1 fully saturated rings. The largest absolute Gasteiger partial charge is 0.345 e. The Hall–Kier alpha value is -1.89. The molecule has 0 aliphatic carbocycles. The molecule has 1 saturated heterocycles. The Morgan fingerprint density at radius 3 is 2.48 bits per heavy atom. The summed E-state index contributed by atoms with van der Waals surface area (Å²) in [6, 6.07) is 16.2. The molecule has 5 nitrogen and oxygen atoms in total. The van der Waals surface area contributed by atoms with E-state index in [0.717, 1.165) is 30.5 Å². The second kappa shape index (κ2) is 9.35. The zero-order valence-corrected chi connectivity index (χ0v) is 16.9. The second-order valence-electron chi connectivity index (χ2n) is 6.75. The van der Waals surface area contributed by atoms with E-state index in [-0.39, 0.29) is 35.3 Å². The minimum Gasteiger partial charge on any atom is -0.345 e. The van der Waals surface area contributed by atoms with Crippen molar-refractivity contribution >= 4 is 28.2 Å². The topological polar surface area (TPSA) is 75.3 Å². The molecule has 1 heterocycles. The van der Waals surface area contributed by atoms with Crippen LogP contribution in [0.4, 0.5) is 0 Å². The van der Waals surface area contributed by atoms with Crippen molar-refractivity contribution in [1.82, 2.24) is 10.6 Å². The van der Waals surface area contributed by atoms with Gasteiger partial charge >= 0.3 is 0 Å². The average molecular weight is 409 g/mol. The SMILES string of the molecule is CS(=O)(=O)c1cccc(C(NC(=O)CC2CCCN2)c2ccccc2)c1.Cl. The van der Waals surface area contributed by atoms with Gasteiger partial charge in [0.1, 0.15) is 0 Å². The highest BCUT2D eigenvalue weighted by atomic mass is 35.5. The van der Waals surface area contributed by atoms with Gasteiger partial charge < -0.3 is 10.6 Å². The van der Waals surface area contributed by atoms with E-state index in [2.05, 4.69) is 10.6 Å². The molecule has 0 saturated carbocycles. The molecule has 0 spiro atoms. The third-order valence-electron chi connectivity index (χ3n) is 4.65. The number of benzene rings is 2. The summed E-state index contributed by atoms with van der Waals surface area (Å²) in [5, 5.41) is 6.41. The highest BCUT2D eigenvalue weighted by Gasteiger charge is 2.22. The van der Waals surface area contributed by atoms with Gasteiger partial charge in [-0.05, 0) is 42.6 Å². The van der Waals surface area contributed by atoms with Crippen molar-refractivity contribution in [3.05, 3.63) is 65.7 Å². The molecule has 2 aromatic carbocycles. The number of nitrogens with one attached hydrogen (secondary N) is 2. The number of hydrogen-bond acceptors (Lipinski definition) is 4. The molecule has 0 radical (unpaired) electrons. The van der Waals surface area contributed by atoms with Gasteiger partial charge in [0.15, 0.2) is 9.84 Å². The van der Waals surface area contributed by atoms with Crippen LogP contribution in [0.3, 0.4) is 0 Å². The molecule has 2 unspecified atom stereocenters. The van der Waals surface area contributed by atoms with Crippen molar-refractivity contribution in [3.63, 3.8) is 0 Å². The Kier molecular flexibility index (Phi) is 7.41. The molecule has 2 N–H and O–H groups in total. The van der Waals surface area contributed by atoms with Crippen molar-refractivity contribution in [2.24, 2.45) is 0 Å². The Morgan fingerprint density at radius 2 is 1.85 bits per heavy atom. The summed E-state index contributed by atoms with van der Waals surface area (Å²) in [7, 11) is -3.31. The van der Waals surface area contributed by atoms with Crippen LogP contribution in [0.5, 0.6) is 0 Å². The molecule has 3 rings (SSSR count). The first kappa shape index (κ1) is 21.4. The Morgan fingerprint density at radius 1 is 1.15 bits per heavy atom. The molecule has 2 atom stereocenters. The maximum atomic E-state index is 12.6. The zero-order valence-electron chi connectivity index (χ0n) is 15.2. The number of halogens is 1. The van der Waals surface area contributed by atoms with Crippen LogP contribution in [0.15, 0.2) is 59.5 Å². The van der Waals surface area contributed by atoms with Gasteiger partial charge in [-0.1, -0.05) is 42.5 Å². The molecular formula is C20H25ClN2O3S. The zero-order chi connectivity index (χ0) is 18.6. The van der Waals surface area contributed by atoms with Crippen LogP contribution in [0.2, 0.25) is 0 Å². The monoisotopic (exact) mass is 408 g/mol. The fourth-order valence-electron chi connectivity index (χ4n) is 3.30. The first-order chi connectivity index (χ1) is 12.4. The van der Waals surface area contributed by atoms with Gasteiger partial charge in [-0.3, -0.25) is 4.79 Å². The second-order valence-corrected chi connectivity index (χ2v) is 8.77. The molecule has 146 valence electrons. The number of hydrogen-bond donors (Lipinski definition) is 2. The molecule has 0 aromatic heterocycles. The van der Waals surface area contributed by atoms with Crippen molar-refractivity contribution < 1.29 is 13.2 Å². The normalized spacial score (nSPS) is 17.7. The first-order valence-corrected chi connectivity index (χ1v) is 10.7. The third-order valence-corrected chi connectivity index (χ3v) is 5.76. The standard InChI is InChI=1S/C20H24N2O3S.ClH/c1-26(24,25)18-11-5-9-16(13-18)20(15-7-3-2-4-8-15)22-19(23)14-17-10-6-12-21-17;/h2-5,7-9,11,13,17,20-21H,6,10,12,14H2,1H3,(H,22,23);1H. The summed E-state index contributed by atoms with van der Waals surface area (Å²) in [6.45, 7) is 0.955. The first-order valence-electron chi connectivity index (χ1n) is 8.81. The summed E-state index contributed by atoms with van der Waals surface area (Å²) in [4.78, 5) is 12.8. The van der Waals surface area contributed by atoms with E-state index >= 15 is 0 Å². The van der Waals surface area contributed by atoms with Crippen LogP contribution < -0.4 is 10.6 Å². The quantitative estimate of drug-likeness (QED) is 0.770. The fraction of sp³-hybridized carbons (Fsp3) is 0.350. The molecular weight excluding hydrogens is 384 g/mol. The van der Waals surface area contributed by atoms with Crippen molar-refractivity contribution in [1.29, 1.82) is 0 Å². The Labute approximate surface area is 166 Å². The smallest absolute Gasteiger partial charge is 0.222 e. The van der Waals surface area contributed by atoms with Gasteiger partial charge in [-0.15, -0.1) is 12.4 Å². The van der Waals surface area contributed by atoms with Crippen LogP contribution in [0.25, 0.3) is 0 Å². The van der Waals surface area contributed by atoms with E-state index < -0.39 is 9.84 Å². The molecule has 1 amide bonds. The van der Waals surface area contributed by atoms with E-state index in [1.165, 1.54) is 6.26 Å². The number of rotatable bonds is 6. The lowest BCUT2D eigenvalue weighted by Crippen LogP contribution is -2.34. The lowest BCUT2D eigenvalue weighted by molar-refractivity contribution is -0.122. The van der Waals surface area contributed by atoms with Gasteiger partial charge in [-0.2, -0.15) is 0 Å². The van der Waals surface area contributed by atoms with Crippen molar-refractivity contribution in [2.45, 2.75) is 36.2 Å². The van der Waals surface area contributed by atoms with Gasteiger partial charge in [-0.25, -0.2) is 8.42 Å². The Balaban J connectivity index is 0.00000261. The van der Waals surface area contributed by atoms with Crippen LogP contribution >= 0.6 is 12.4 Å². The number of carbonyl (C=O) groups excluding carboxylic acids is 1. The minimum absolute atomic E-state index is 0. The van der Waals surface area contributed by atoms with Crippen molar-refractivity contribution in [3.8, 4) is 0 Å². The third kappa shape index (κ3) is 5.79. The number of amides is 1.